The van der Waals surface area contributed by atoms with Gasteiger partial charge in [-0.05, 0) is 12.1 Å². The number of rotatable bonds is 2. The van der Waals surface area contributed by atoms with Crippen molar-refractivity contribution in [1.29, 1.82) is 0 Å². The molecule has 0 atom stereocenters. The molecule has 4 heteroatoms. The third-order valence-corrected chi connectivity index (χ3v) is 21.8. The lowest BCUT2D eigenvalue weighted by molar-refractivity contribution is 0.628. The van der Waals surface area contributed by atoms with E-state index in [1.807, 2.05) is 12.1 Å². The standard InChI is InChI=1S/C10H16ClFSi2/c1-13(2,14(3,4)11)10-7-5-9(12)6-8-10/h5-8H,1-4H3. The first-order chi connectivity index (χ1) is 6.25. The molecule has 0 aromatic heterocycles. The Morgan fingerprint density at radius 3 is 1.79 bits per heavy atom. The molecule has 0 N–H and O–H groups in total. The van der Waals surface area contributed by atoms with E-state index in [2.05, 4.69) is 26.2 Å². The lowest BCUT2D eigenvalue weighted by atomic mass is 10.3. The van der Waals surface area contributed by atoms with Gasteiger partial charge in [-0.15, -0.1) is 0 Å². The van der Waals surface area contributed by atoms with Crippen molar-refractivity contribution in [3.63, 3.8) is 0 Å². The van der Waals surface area contributed by atoms with Crippen LogP contribution in [0, 0.1) is 5.82 Å². The third kappa shape index (κ3) is 2.27. The molecule has 0 radical (unpaired) electrons. The minimum absolute atomic E-state index is 0.174. The minimum atomic E-state index is -1.65. The number of hydrogen-bond donors (Lipinski definition) is 0. The van der Waals surface area contributed by atoms with Crippen LogP contribution in [0.5, 0.6) is 0 Å². The lowest BCUT2D eigenvalue weighted by Crippen LogP contribution is -2.59. The van der Waals surface area contributed by atoms with E-state index in [0.29, 0.717) is 0 Å². The maximum absolute atomic E-state index is 12.8. The van der Waals surface area contributed by atoms with Crippen LogP contribution in [0.1, 0.15) is 0 Å². The smallest absolute Gasteiger partial charge is 0.146 e. The van der Waals surface area contributed by atoms with E-state index < -0.39 is 14.5 Å². The number of halogens is 2. The van der Waals surface area contributed by atoms with Crippen molar-refractivity contribution in [2.24, 2.45) is 0 Å². The zero-order valence-corrected chi connectivity index (χ0v) is 11.8. The molecular weight excluding hydrogens is 231 g/mol. The normalized spacial score (nSPS) is 13.0. The molecule has 0 aliphatic carbocycles. The highest BCUT2D eigenvalue weighted by Gasteiger charge is 2.41. The van der Waals surface area contributed by atoms with E-state index in [-0.39, 0.29) is 5.82 Å². The molecule has 0 aliphatic heterocycles. The molecule has 1 rings (SSSR count). The molecule has 0 saturated heterocycles. The monoisotopic (exact) mass is 246 g/mol. The average molecular weight is 247 g/mol. The van der Waals surface area contributed by atoms with Gasteiger partial charge >= 0.3 is 0 Å². The molecule has 14 heavy (non-hydrogen) atoms. The van der Waals surface area contributed by atoms with Gasteiger partial charge < -0.3 is 0 Å². The number of hydrogen-bond acceptors (Lipinski definition) is 0. The van der Waals surface area contributed by atoms with E-state index in [0.717, 1.165) is 0 Å². The van der Waals surface area contributed by atoms with Crippen LogP contribution in [0.25, 0.3) is 0 Å². The highest BCUT2D eigenvalue weighted by molar-refractivity contribution is 7.61. The van der Waals surface area contributed by atoms with Crippen LogP contribution in [-0.2, 0) is 0 Å². The quantitative estimate of drug-likeness (QED) is 0.555. The molecule has 1 aromatic rings. The predicted molar refractivity (Wildman–Crippen MR) is 66.9 cm³/mol. The third-order valence-electron chi connectivity index (χ3n) is 3.05. The Hall–Kier alpha value is -0.126. The van der Waals surface area contributed by atoms with Gasteiger partial charge in [0.05, 0.1) is 7.59 Å². The summed E-state index contributed by atoms with van der Waals surface area (Å²) in [5.41, 5.74) is 0. The molecule has 1 aromatic carbocycles. The van der Waals surface area contributed by atoms with E-state index >= 15 is 0 Å². The van der Waals surface area contributed by atoms with Crippen molar-refractivity contribution < 1.29 is 4.39 Å². The summed E-state index contributed by atoms with van der Waals surface area (Å²) in [6.07, 6.45) is 0. The lowest BCUT2D eigenvalue weighted by Gasteiger charge is -2.33. The summed E-state index contributed by atoms with van der Waals surface area (Å²) >= 11 is 6.51. The van der Waals surface area contributed by atoms with Gasteiger partial charge in [-0.1, -0.05) is 43.5 Å². The van der Waals surface area contributed by atoms with Gasteiger partial charge in [-0.25, -0.2) is 4.39 Å². The second-order valence-electron chi connectivity index (χ2n) is 4.60. The molecule has 0 spiro atoms. The summed E-state index contributed by atoms with van der Waals surface area (Å²) in [6, 6.07) is 6.83. The van der Waals surface area contributed by atoms with Crippen molar-refractivity contribution >= 4 is 30.8 Å². The molecule has 0 unspecified atom stereocenters. The Labute approximate surface area is 91.6 Å². The van der Waals surface area contributed by atoms with Crippen LogP contribution in [-0.4, -0.2) is 14.5 Å². The zero-order valence-electron chi connectivity index (χ0n) is 9.07. The van der Waals surface area contributed by atoms with E-state index in [1.54, 1.807) is 0 Å². The van der Waals surface area contributed by atoms with Gasteiger partial charge in [-0.3, -0.25) is 0 Å². The van der Waals surface area contributed by atoms with Crippen molar-refractivity contribution in [3.8, 4) is 0 Å². The molecule has 0 nitrogen and oxygen atoms in total. The molecule has 0 bridgehead atoms. The Bertz CT molecular complexity index is 314. The van der Waals surface area contributed by atoms with Gasteiger partial charge in [0, 0.05) is 0 Å². The van der Waals surface area contributed by atoms with Crippen molar-refractivity contribution in [1.82, 2.24) is 0 Å². The van der Waals surface area contributed by atoms with Crippen molar-refractivity contribution in [3.05, 3.63) is 30.1 Å². The second-order valence-corrected chi connectivity index (χ2v) is 22.7. The maximum Gasteiger partial charge on any atom is 0.146 e. The highest BCUT2D eigenvalue weighted by Crippen LogP contribution is 2.22. The fourth-order valence-electron chi connectivity index (χ4n) is 1.21. The zero-order chi connectivity index (χ0) is 11.0. The number of benzene rings is 1. The van der Waals surface area contributed by atoms with Crippen LogP contribution in [0.3, 0.4) is 0 Å². The SMILES string of the molecule is C[Si](C)(Cl)[Si](C)(C)c1ccc(F)cc1. The second kappa shape index (κ2) is 3.79. The molecule has 0 fully saturated rings. The summed E-state index contributed by atoms with van der Waals surface area (Å²) < 4.78 is 12.8. The largest absolute Gasteiger partial charge is 0.207 e. The minimum Gasteiger partial charge on any atom is -0.207 e. The Balaban J connectivity index is 3.10. The summed E-state index contributed by atoms with van der Waals surface area (Å²) in [5, 5.41) is 1.26. The summed E-state index contributed by atoms with van der Waals surface area (Å²) in [5.74, 6) is -0.174. The van der Waals surface area contributed by atoms with E-state index in [4.69, 9.17) is 11.1 Å². The molecule has 0 saturated carbocycles. The summed E-state index contributed by atoms with van der Waals surface area (Å²) in [6.45, 7) is 7.21. The van der Waals surface area contributed by atoms with E-state index in [9.17, 15) is 4.39 Å². The van der Waals surface area contributed by atoms with Gasteiger partial charge in [0.1, 0.15) is 12.7 Å². The summed E-state index contributed by atoms with van der Waals surface area (Å²) in [4.78, 5) is 0. The first-order valence-electron chi connectivity index (χ1n) is 4.70. The molecule has 0 heterocycles. The van der Waals surface area contributed by atoms with Gasteiger partial charge in [0.25, 0.3) is 0 Å². The fourth-order valence-corrected chi connectivity index (χ4v) is 6.44. The molecule has 0 aliphatic rings. The molecule has 0 amide bonds. The van der Waals surface area contributed by atoms with Crippen LogP contribution in [0.15, 0.2) is 24.3 Å². The maximum atomic E-state index is 12.8. The summed E-state index contributed by atoms with van der Waals surface area (Å²) in [7, 11) is -1.57. The van der Waals surface area contributed by atoms with Crippen LogP contribution in [0.4, 0.5) is 4.39 Å². The fraction of sp³-hybridized carbons (Fsp3) is 0.400. The first-order valence-corrected chi connectivity index (χ1v) is 12.7. The van der Waals surface area contributed by atoms with Crippen LogP contribution >= 0.6 is 11.1 Å². The van der Waals surface area contributed by atoms with Crippen LogP contribution < -0.4 is 5.19 Å². The van der Waals surface area contributed by atoms with Crippen molar-refractivity contribution in [2.75, 3.05) is 0 Å². The van der Waals surface area contributed by atoms with Crippen LogP contribution in [0.2, 0.25) is 26.2 Å². The Kier molecular flexibility index (Phi) is 3.24. The van der Waals surface area contributed by atoms with Crippen molar-refractivity contribution in [2.45, 2.75) is 26.2 Å². The molecular formula is C10H16ClFSi2. The van der Waals surface area contributed by atoms with Gasteiger partial charge in [-0.2, -0.15) is 11.1 Å². The Morgan fingerprint density at radius 1 is 1.00 bits per heavy atom. The first kappa shape index (κ1) is 11.9. The van der Waals surface area contributed by atoms with E-state index in [1.165, 1.54) is 17.3 Å². The topological polar surface area (TPSA) is 0 Å². The van der Waals surface area contributed by atoms with Gasteiger partial charge in [0.2, 0.25) is 0 Å². The predicted octanol–water partition coefficient (Wildman–Crippen LogP) is 3.26. The highest BCUT2D eigenvalue weighted by atomic mass is 35.6. The molecule has 78 valence electrons. The Morgan fingerprint density at radius 2 is 1.43 bits per heavy atom. The van der Waals surface area contributed by atoms with Gasteiger partial charge in [0.15, 0.2) is 0 Å². The average Bonchev–Trinajstić information content (AvgIpc) is 2.03.